The lowest BCUT2D eigenvalue weighted by atomic mass is 9.81. The summed E-state index contributed by atoms with van der Waals surface area (Å²) in [6.45, 7) is 4.49. The zero-order valence-corrected chi connectivity index (χ0v) is 11.5. The van der Waals surface area contributed by atoms with Crippen molar-refractivity contribution in [3.05, 3.63) is 0 Å². The number of nitrogens with zero attached hydrogens (tertiary/aromatic N) is 1. The first-order valence-electron chi connectivity index (χ1n) is 7.31. The van der Waals surface area contributed by atoms with Gasteiger partial charge in [-0.15, -0.1) is 0 Å². The first-order chi connectivity index (χ1) is 8.83. The molecule has 1 N–H and O–H groups in total. The topological polar surface area (TPSA) is 41.6 Å². The molecule has 0 aromatic rings. The fourth-order valence-corrected chi connectivity index (χ4v) is 3.24. The van der Waals surface area contributed by atoms with E-state index in [2.05, 4.69) is 5.32 Å². The van der Waals surface area contributed by atoms with Crippen molar-refractivity contribution in [1.82, 2.24) is 10.2 Å². The van der Waals surface area contributed by atoms with Gasteiger partial charge in [0.15, 0.2) is 0 Å². The quantitative estimate of drug-likeness (QED) is 0.821. The van der Waals surface area contributed by atoms with E-state index in [4.69, 9.17) is 4.74 Å². The summed E-state index contributed by atoms with van der Waals surface area (Å²) in [5.41, 5.74) is 0. The molecule has 4 heteroatoms. The zero-order valence-electron chi connectivity index (χ0n) is 11.5. The van der Waals surface area contributed by atoms with E-state index < -0.39 is 0 Å². The maximum Gasteiger partial charge on any atom is 0.226 e. The highest BCUT2D eigenvalue weighted by Crippen LogP contribution is 2.30. The van der Waals surface area contributed by atoms with Crippen LogP contribution >= 0.6 is 0 Å². The Morgan fingerprint density at radius 1 is 1.28 bits per heavy atom. The van der Waals surface area contributed by atoms with Crippen molar-refractivity contribution in [3.8, 4) is 0 Å². The molecule has 1 atom stereocenters. The summed E-state index contributed by atoms with van der Waals surface area (Å²) in [4.78, 5) is 14.6. The molecule has 0 aromatic heterocycles. The van der Waals surface area contributed by atoms with Crippen molar-refractivity contribution in [1.29, 1.82) is 0 Å². The average Bonchev–Trinajstić information content (AvgIpc) is 2.60. The summed E-state index contributed by atoms with van der Waals surface area (Å²) in [6, 6.07) is 0. The second kappa shape index (κ2) is 7.10. The van der Waals surface area contributed by atoms with Gasteiger partial charge in [-0.1, -0.05) is 6.42 Å². The standard InChI is InChI=1S/C14H26N2O2/c1-18-11-10-16-9-3-2-4-13(14(16)17)12-5-7-15-8-6-12/h12-13,15H,2-11H2,1H3/t13-/m0/s1. The van der Waals surface area contributed by atoms with E-state index in [0.29, 0.717) is 18.4 Å². The number of ether oxygens (including phenoxy) is 1. The summed E-state index contributed by atoms with van der Waals surface area (Å²) in [5, 5.41) is 3.38. The third-order valence-electron chi connectivity index (χ3n) is 4.34. The van der Waals surface area contributed by atoms with Gasteiger partial charge in [0.25, 0.3) is 0 Å². The Hall–Kier alpha value is -0.610. The molecule has 2 saturated heterocycles. The first kappa shape index (κ1) is 13.8. The molecule has 2 heterocycles. The van der Waals surface area contributed by atoms with Crippen LogP contribution in [0.25, 0.3) is 0 Å². The van der Waals surface area contributed by atoms with E-state index in [1.165, 1.54) is 6.42 Å². The number of amides is 1. The van der Waals surface area contributed by atoms with Crippen LogP contribution in [-0.2, 0) is 9.53 Å². The van der Waals surface area contributed by atoms with Gasteiger partial charge in [-0.2, -0.15) is 0 Å². The van der Waals surface area contributed by atoms with Gasteiger partial charge >= 0.3 is 0 Å². The Kier molecular flexibility index (Phi) is 5.45. The minimum absolute atomic E-state index is 0.270. The van der Waals surface area contributed by atoms with Gasteiger partial charge < -0.3 is 15.0 Å². The third kappa shape index (κ3) is 3.45. The lowest BCUT2D eigenvalue weighted by Crippen LogP contribution is -2.42. The molecule has 2 aliphatic heterocycles. The van der Waals surface area contributed by atoms with Crippen molar-refractivity contribution in [3.63, 3.8) is 0 Å². The highest BCUT2D eigenvalue weighted by Gasteiger charge is 2.33. The molecule has 4 nitrogen and oxygen atoms in total. The maximum absolute atomic E-state index is 12.6. The minimum Gasteiger partial charge on any atom is -0.383 e. The predicted octanol–water partition coefficient (Wildman–Crippen LogP) is 1.26. The monoisotopic (exact) mass is 254 g/mol. The van der Waals surface area contributed by atoms with Gasteiger partial charge in [0, 0.05) is 26.1 Å². The minimum atomic E-state index is 0.270. The largest absolute Gasteiger partial charge is 0.383 e. The highest BCUT2D eigenvalue weighted by atomic mass is 16.5. The molecule has 0 spiro atoms. The Balaban J connectivity index is 1.96. The van der Waals surface area contributed by atoms with Crippen LogP contribution in [0.15, 0.2) is 0 Å². The summed E-state index contributed by atoms with van der Waals surface area (Å²) < 4.78 is 5.11. The molecule has 104 valence electrons. The normalized spacial score (nSPS) is 27.3. The molecule has 2 fully saturated rings. The van der Waals surface area contributed by atoms with E-state index >= 15 is 0 Å². The summed E-state index contributed by atoms with van der Waals surface area (Å²) in [5.74, 6) is 1.25. The number of rotatable bonds is 4. The molecule has 0 aliphatic carbocycles. The lowest BCUT2D eigenvalue weighted by Gasteiger charge is -2.32. The molecule has 0 saturated carbocycles. The van der Waals surface area contributed by atoms with E-state index in [0.717, 1.165) is 51.9 Å². The van der Waals surface area contributed by atoms with E-state index in [9.17, 15) is 4.79 Å². The van der Waals surface area contributed by atoms with Crippen LogP contribution in [0.3, 0.4) is 0 Å². The molecule has 1 amide bonds. The van der Waals surface area contributed by atoms with Crippen LogP contribution in [0, 0.1) is 11.8 Å². The van der Waals surface area contributed by atoms with Gasteiger partial charge in [0.1, 0.15) is 0 Å². The van der Waals surface area contributed by atoms with Crippen LogP contribution in [0.4, 0.5) is 0 Å². The number of hydrogen-bond acceptors (Lipinski definition) is 3. The lowest BCUT2D eigenvalue weighted by molar-refractivity contribution is -0.137. The summed E-state index contributed by atoms with van der Waals surface area (Å²) in [6.07, 6.45) is 5.76. The van der Waals surface area contributed by atoms with Crippen LogP contribution in [0.1, 0.15) is 32.1 Å². The molecular weight excluding hydrogens is 228 g/mol. The molecule has 2 rings (SSSR count). The van der Waals surface area contributed by atoms with Gasteiger partial charge in [-0.05, 0) is 44.7 Å². The summed E-state index contributed by atoms with van der Waals surface area (Å²) in [7, 11) is 1.70. The Labute approximate surface area is 110 Å². The number of nitrogens with one attached hydrogen (secondary N) is 1. The summed E-state index contributed by atoms with van der Waals surface area (Å²) >= 11 is 0. The number of methoxy groups -OCH3 is 1. The van der Waals surface area contributed by atoms with Gasteiger partial charge in [0.05, 0.1) is 6.61 Å². The fraction of sp³-hybridized carbons (Fsp3) is 0.929. The van der Waals surface area contributed by atoms with Crippen molar-refractivity contribution in [2.45, 2.75) is 32.1 Å². The predicted molar refractivity (Wildman–Crippen MR) is 71.4 cm³/mol. The van der Waals surface area contributed by atoms with E-state index in [1.807, 2.05) is 4.90 Å². The molecule has 0 aromatic carbocycles. The zero-order chi connectivity index (χ0) is 12.8. The van der Waals surface area contributed by atoms with Crippen LogP contribution in [0.2, 0.25) is 0 Å². The average molecular weight is 254 g/mol. The maximum atomic E-state index is 12.6. The second-order valence-corrected chi connectivity index (χ2v) is 5.51. The first-order valence-corrected chi connectivity index (χ1v) is 7.31. The Bertz CT molecular complexity index is 265. The van der Waals surface area contributed by atoms with Gasteiger partial charge in [-0.3, -0.25) is 4.79 Å². The van der Waals surface area contributed by atoms with Crippen molar-refractivity contribution >= 4 is 5.91 Å². The van der Waals surface area contributed by atoms with E-state index in [1.54, 1.807) is 7.11 Å². The molecule has 0 radical (unpaired) electrons. The number of piperidine rings is 1. The third-order valence-corrected chi connectivity index (χ3v) is 4.34. The molecular formula is C14H26N2O2. The van der Waals surface area contributed by atoms with Gasteiger partial charge in [-0.25, -0.2) is 0 Å². The number of hydrogen-bond donors (Lipinski definition) is 1. The number of likely N-dealkylation sites (tertiary alicyclic amines) is 1. The van der Waals surface area contributed by atoms with Crippen molar-refractivity contribution in [2.75, 3.05) is 39.9 Å². The Morgan fingerprint density at radius 3 is 2.78 bits per heavy atom. The number of carbonyl (C=O) groups excluding carboxylic acids is 1. The number of carbonyl (C=O) groups is 1. The van der Waals surface area contributed by atoms with Crippen LogP contribution in [-0.4, -0.2) is 50.7 Å². The van der Waals surface area contributed by atoms with E-state index in [-0.39, 0.29) is 5.92 Å². The molecule has 2 aliphatic rings. The van der Waals surface area contributed by atoms with Crippen LogP contribution < -0.4 is 5.32 Å². The Morgan fingerprint density at radius 2 is 2.06 bits per heavy atom. The smallest absolute Gasteiger partial charge is 0.226 e. The molecule has 0 unspecified atom stereocenters. The molecule has 18 heavy (non-hydrogen) atoms. The highest BCUT2D eigenvalue weighted by molar-refractivity contribution is 5.79. The van der Waals surface area contributed by atoms with Crippen LogP contribution in [0.5, 0.6) is 0 Å². The van der Waals surface area contributed by atoms with Crippen molar-refractivity contribution < 1.29 is 9.53 Å². The fourth-order valence-electron chi connectivity index (χ4n) is 3.24. The second-order valence-electron chi connectivity index (χ2n) is 5.51. The SMILES string of the molecule is COCCN1CCCC[C@@H](C2CCNCC2)C1=O. The van der Waals surface area contributed by atoms with Crippen molar-refractivity contribution in [2.24, 2.45) is 11.8 Å². The molecule has 0 bridgehead atoms. The van der Waals surface area contributed by atoms with Gasteiger partial charge in [0.2, 0.25) is 5.91 Å².